The molecular formula is C27H27N3O4. The Morgan fingerprint density at radius 2 is 1.59 bits per heavy atom. The highest BCUT2D eigenvalue weighted by Crippen LogP contribution is 2.24. The van der Waals surface area contributed by atoms with Crippen LogP contribution in [0.2, 0.25) is 0 Å². The lowest BCUT2D eigenvalue weighted by Gasteiger charge is -2.35. The number of pyridine rings is 1. The molecule has 34 heavy (non-hydrogen) atoms. The zero-order valence-electron chi connectivity index (χ0n) is 19.6. The summed E-state index contributed by atoms with van der Waals surface area (Å²) in [7, 11) is 4.79. The zero-order chi connectivity index (χ0) is 23.9. The number of piperazine rings is 1. The number of carbonyl (C=O) groups excluding carboxylic acids is 1. The molecule has 0 aliphatic carbocycles. The van der Waals surface area contributed by atoms with E-state index in [-0.39, 0.29) is 5.91 Å². The summed E-state index contributed by atoms with van der Waals surface area (Å²) in [4.78, 5) is 21.7. The average Bonchev–Trinajstić information content (AvgIpc) is 2.91. The predicted molar refractivity (Wildman–Crippen MR) is 131 cm³/mol. The van der Waals surface area contributed by atoms with Gasteiger partial charge in [-0.1, -0.05) is 17.9 Å². The minimum atomic E-state index is -0.0191. The van der Waals surface area contributed by atoms with Crippen molar-refractivity contribution in [2.45, 2.75) is 0 Å². The molecule has 4 rings (SSSR count). The molecule has 3 aromatic rings. The predicted octanol–water partition coefficient (Wildman–Crippen LogP) is 3.47. The summed E-state index contributed by atoms with van der Waals surface area (Å²) in [6.45, 7) is 2.74. The Kier molecular flexibility index (Phi) is 7.19. The number of amides is 1. The Morgan fingerprint density at radius 1 is 0.853 bits per heavy atom. The molecule has 0 N–H and O–H groups in total. The molecule has 0 atom stereocenters. The number of hydrogen-bond acceptors (Lipinski definition) is 6. The van der Waals surface area contributed by atoms with E-state index in [0.29, 0.717) is 41.5 Å². The van der Waals surface area contributed by atoms with Crippen molar-refractivity contribution in [1.29, 1.82) is 0 Å². The summed E-state index contributed by atoms with van der Waals surface area (Å²) in [5.41, 5.74) is 1.96. The van der Waals surface area contributed by atoms with Gasteiger partial charge in [-0.2, -0.15) is 0 Å². The number of anilines is 1. The molecule has 0 spiro atoms. The molecule has 1 aliphatic rings. The van der Waals surface area contributed by atoms with Crippen LogP contribution in [0, 0.1) is 11.8 Å². The maximum Gasteiger partial charge on any atom is 0.254 e. The fourth-order valence-corrected chi connectivity index (χ4v) is 3.82. The molecule has 7 nitrogen and oxygen atoms in total. The number of carbonyl (C=O) groups is 1. The van der Waals surface area contributed by atoms with Crippen LogP contribution in [0.5, 0.6) is 17.2 Å². The first kappa shape index (κ1) is 23.0. The normalized spacial score (nSPS) is 13.0. The fourth-order valence-electron chi connectivity index (χ4n) is 3.82. The van der Waals surface area contributed by atoms with Crippen LogP contribution in [-0.2, 0) is 0 Å². The molecule has 0 saturated carbocycles. The molecule has 1 saturated heterocycles. The van der Waals surface area contributed by atoms with Crippen LogP contribution < -0.4 is 19.1 Å². The number of methoxy groups -OCH3 is 3. The van der Waals surface area contributed by atoms with E-state index in [0.717, 1.165) is 24.5 Å². The van der Waals surface area contributed by atoms with Gasteiger partial charge in [0, 0.05) is 49.6 Å². The van der Waals surface area contributed by atoms with Crippen molar-refractivity contribution >= 4 is 11.7 Å². The minimum absolute atomic E-state index is 0.0191. The van der Waals surface area contributed by atoms with Gasteiger partial charge in [0.2, 0.25) is 0 Å². The Labute approximate surface area is 199 Å². The first-order chi connectivity index (χ1) is 16.6. The van der Waals surface area contributed by atoms with Crippen molar-refractivity contribution in [3.8, 4) is 29.1 Å². The van der Waals surface area contributed by atoms with E-state index in [2.05, 4.69) is 21.7 Å². The van der Waals surface area contributed by atoms with Crippen molar-refractivity contribution in [3.05, 3.63) is 77.5 Å². The van der Waals surface area contributed by atoms with E-state index in [1.807, 2.05) is 35.2 Å². The summed E-state index contributed by atoms with van der Waals surface area (Å²) in [6, 6.07) is 16.7. The minimum Gasteiger partial charge on any atom is -0.497 e. The Bertz CT molecular complexity index is 1190. The zero-order valence-corrected chi connectivity index (χ0v) is 19.6. The smallest absolute Gasteiger partial charge is 0.254 e. The van der Waals surface area contributed by atoms with Gasteiger partial charge in [-0.15, -0.1) is 0 Å². The average molecular weight is 458 g/mol. The molecule has 1 aromatic heterocycles. The lowest BCUT2D eigenvalue weighted by molar-refractivity contribution is 0.0746. The molecule has 174 valence electrons. The molecule has 7 heteroatoms. The van der Waals surface area contributed by atoms with Gasteiger partial charge < -0.3 is 24.0 Å². The number of benzene rings is 2. The molecule has 0 bridgehead atoms. The molecule has 2 heterocycles. The highest BCUT2D eigenvalue weighted by Gasteiger charge is 2.23. The van der Waals surface area contributed by atoms with Crippen molar-refractivity contribution < 1.29 is 19.0 Å². The fraction of sp³-hybridized carbons (Fsp3) is 0.259. The van der Waals surface area contributed by atoms with Crippen molar-refractivity contribution in [3.63, 3.8) is 0 Å². The van der Waals surface area contributed by atoms with E-state index in [4.69, 9.17) is 14.2 Å². The lowest BCUT2D eigenvalue weighted by Crippen LogP contribution is -2.49. The van der Waals surface area contributed by atoms with Gasteiger partial charge in [0.15, 0.2) is 0 Å². The van der Waals surface area contributed by atoms with E-state index in [9.17, 15) is 4.79 Å². The molecule has 1 amide bonds. The Morgan fingerprint density at radius 3 is 2.21 bits per heavy atom. The third kappa shape index (κ3) is 5.24. The van der Waals surface area contributed by atoms with Gasteiger partial charge in [0.25, 0.3) is 5.91 Å². The third-order valence-electron chi connectivity index (χ3n) is 5.68. The molecule has 0 unspecified atom stereocenters. The number of rotatable bonds is 5. The lowest BCUT2D eigenvalue weighted by atomic mass is 10.1. The maximum atomic E-state index is 13.2. The second-order valence-corrected chi connectivity index (χ2v) is 7.73. The molecule has 1 aliphatic heterocycles. The SMILES string of the molecule is COc1cc(C#Cc2cc(C(=O)N3CCN(c4ccccn4)CC3)ccc2OC)cc(OC)c1. The van der Waals surface area contributed by atoms with Gasteiger partial charge in [0.05, 0.1) is 26.9 Å². The second kappa shape index (κ2) is 10.6. The van der Waals surface area contributed by atoms with Gasteiger partial charge in [-0.25, -0.2) is 4.98 Å². The van der Waals surface area contributed by atoms with Crippen LogP contribution in [-0.4, -0.2) is 63.3 Å². The van der Waals surface area contributed by atoms with E-state index < -0.39 is 0 Å². The van der Waals surface area contributed by atoms with Gasteiger partial charge in [-0.3, -0.25) is 4.79 Å². The summed E-state index contributed by atoms with van der Waals surface area (Å²) >= 11 is 0. The van der Waals surface area contributed by atoms with Gasteiger partial charge in [0.1, 0.15) is 23.1 Å². The van der Waals surface area contributed by atoms with Crippen LogP contribution >= 0.6 is 0 Å². The van der Waals surface area contributed by atoms with Crippen molar-refractivity contribution in [2.75, 3.05) is 52.4 Å². The summed E-state index contributed by atoms with van der Waals surface area (Å²) in [5.74, 6) is 9.10. The number of nitrogens with zero attached hydrogens (tertiary/aromatic N) is 3. The first-order valence-corrected chi connectivity index (χ1v) is 11.0. The van der Waals surface area contributed by atoms with Crippen LogP contribution in [0.3, 0.4) is 0 Å². The molecule has 1 fully saturated rings. The molecular weight excluding hydrogens is 430 g/mol. The highest BCUT2D eigenvalue weighted by atomic mass is 16.5. The van der Waals surface area contributed by atoms with Crippen molar-refractivity contribution in [2.24, 2.45) is 0 Å². The number of hydrogen-bond donors (Lipinski definition) is 0. The molecule has 2 aromatic carbocycles. The van der Waals surface area contributed by atoms with Gasteiger partial charge in [-0.05, 0) is 42.5 Å². The molecule has 0 radical (unpaired) electrons. The van der Waals surface area contributed by atoms with E-state index >= 15 is 0 Å². The van der Waals surface area contributed by atoms with Crippen LogP contribution in [0.4, 0.5) is 5.82 Å². The summed E-state index contributed by atoms with van der Waals surface area (Å²) in [6.07, 6.45) is 1.79. The Hall–Kier alpha value is -4.18. The van der Waals surface area contributed by atoms with Crippen LogP contribution in [0.25, 0.3) is 0 Å². The van der Waals surface area contributed by atoms with Crippen LogP contribution in [0.1, 0.15) is 21.5 Å². The van der Waals surface area contributed by atoms with Crippen LogP contribution in [0.15, 0.2) is 60.8 Å². The quantitative estimate of drug-likeness (QED) is 0.547. The second-order valence-electron chi connectivity index (χ2n) is 7.73. The monoisotopic (exact) mass is 457 g/mol. The number of aromatic nitrogens is 1. The summed E-state index contributed by atoms with van der Waals surface area (Å²) < 4.78 is 16.1. The summed E-state index contributed by atoms with van der Waals surface area (Å²) in [5, 5.41) is 0. The number of ether oxygens (including phenoxy) is 3. The largest absolute Gasteiger partial charge is 0.497 e. The maximum absolute atomic E-state index is 13.2. The topological polar surface area (TPSA) is 64.1 Å². The van der Waals surface area contributed by atoms with Gasteiger partial charge >= 0.3 is 0 Å². The third-order valence-corrected chi connectivity index (χ3v) is 5.68. The van der Waals surface area contributed by atoms with E-state index in [1.54, 1.807) is 51.8 Å². The first-order valence-electron chi connectivity index (χ1n) is 11.0. The highest BCUT2D eigenvalue weighted by molar-refractivity contribution is 5.95. The van der Waals surface area contributed by atoms with E-state index in [1.165, 1.54) is 0 Å². The van der Waals surface area contributed by atoms with Crippen molar-refractivity contribution in [1.82, 2.24) is 9.88 Å². The Balaban J connectivity index is 1.52. The standard InChI is InChI=1S/C27H27N3O4/c1-32-23-16-20(17-24(19-23)33-2)7-8-21-18-22(9-10-25(21)34-3)27(31)30-14-12-29(13-15-30)26-6-4-5-11-28-26/h4-6,9-11,16-19H,12-15H2,1-3H3.